The molecule has 4 aromatic rings. The van der Waals surface area contributed by atoms with Crippen molar-refractivity contribution in [2.75, 3.05) is 19.1 Å². The summed E-state index contributed by atoms with van der Waals surface area (Å²) >= 11 is 0. The second-order valence-corrected chi connectivity index (χ2v) is 6.41. The van der Waals surface area contributed by atoms with Gasteiger partial charge < -0.3 is 9.47 Å². The van der Waals surface area contributed by atoms with Crippen molar-refractivity contribution in [1.29, 1.82) is 0 Å². The number of carbonyl (C=O) groups excluding carboxylic acids is 1. The van der Waals surface area contributed by atoms with Crippen LogP contribution in [0.15, 0.2) is 84.9 Å². The monoisotopic (exact) mass is 384 g/mol. The van der Waals surface area contributed by atoms with Gasteiger partial charge in [-0.05, 0) is 48.5 Å². The van der Waals surface area contributed by atoms with Crippen LogP contribution in [0.5, 0.6) is 11.5 Å². The lowest BCUT2D eigenvalue weighted by Gasteiger charge is -2.23. The Labute approximate surface area is 169 Å². The van der Waals surface area contributed by atoms with Crippen LogP contribution in [0.25, 0.3) is 10.9 Å². The van der Waals surface area contributed by atoms with Gasteiger partial charge in [0.2, 0.25) is 0 Å². The molecule has 0 saturated carbocycles. The number of methoxy groups -OCH3 is 2. The molecule has 0 saturated heterocycles. The molecular weight excluding hydrogens is 364 g/mol. The first kappa shape index (κ1) is 18.5. The van der Waals surface area contributed by atoms with Crippen LogP contribution in [0, 0.1) is 0 Å². The molecule has 0 N–H and O–H groups in total. The van der Waals surface area contributed by atoms with Crippen molar-refractivity contribution >= 4 is 28.3 Å². The predicted molar refractivity (Wildman–Crippen MR) is 114 cm³/mol. The molecule has 0 aliphatic rings. The molecule has 0 fully saturated rings. The van der Waals surface area contributed by atoms with Gasteiger partial charge in [0.15, 0.2) is 11.5 Å². The number of nitrogens with zero attached hydrogens (tertiary/aromatic N) is 2. The summed E-state index contributed by atoms with van der Waals surface area (Å²) in [5.74, 6) is 1.41. The molecule has 0 aliphatic heterocycles. The molecule has 0 atom stereocenters. The number of aromatic nitrogens is 1. The number of benzene rings is 3. The van der Waals surface area contributed by atoms with Gasteiger partial charge in [0.05, 0.1) is 25.4 Å². The van der Waals surface area contributed by atoms with Gasteiger partial charge in [0.1, 0.15) is 5.82 Å². The van der Waals surface area contributed by atoms with Crippen molar-refractivity contribution in [3.8, 4) is 11.5 Å². The Morgan fingerprint density at radius 3 is 2.28 bits per heavy atom. The summed E-state index contributed by atoms with van der Waals surface area (Å²) in [4.78, 5) is 19.9. The molecule has 5 heteroatoms. The largest absolute Gasteiger partial charge is 0.493 e. The van der Waals surface area contributed by atoms with Crippen LogP contribution in [-0.4, -0.2) is 25.1 Å². The van der Waals surface area contributed by atoms with Crippen molar-refractivity contribution in [3.05, 3.63) is 90.5 Å². The number of rotatable bonds is 5. The summed E-state index contributed by atoms with van der Waals surface area (Å²) in [6, 6.07) is 26.2. The molecule has 1 heterocycles. The first-order valence-corrected chi connectivity index (χ1v) is 9.18. The van der Waals surface area contributed by atoms with E-state index in [-0.39, 0.29) is 5.91 Å². The van der Waals surface area contributed by atoms with Crippen molar-refractivity contribution in [3.63, 3.8) is 0 Å². The fourth-order valence-corrected chi connectivity index (χ4v) is 3.21. The Bertz CT molecular complexity index is 1160. The first-order chi connectivity index (χ1) is 14.2. The molecule has 4 rings (SSSR count). The zero-order chi connectivity index (χ0) is 20.2. The number of amides is 1. The average molecular weight is 384 g/mol. The maximum absolute atomic E-state index is 13.5. The van der Waals surface area contributed by atoms with E-state index in [9.17, 15) is 4.79 Å². The van der Waals surface area contributed by atoms with Crippen LogP contribution >= 0.6 is 0 Å². The second-order valence-electron chi connectivity index (χ2n) is 6.41. The number of pyridine rings is 1. The Morgan fingerprint density at radius 2 is 1.52 bits per heavy atom. The third-order valence-electron chi connectivity index (χ3n) is 4.66. The number of ether oxygens (including phenoxy) is 2. The topological polar surface area (TPSA) is 51.7 Å². The Balaban J connectivity index is 1.83. The minimum Gasteiger partial charge on any atom is -0.493 e. The fraction of sp³-hybridized carbons (Fsp3) is 0.0833. The fourth-order valence-electron chi connectivity index (χ4n) is 3.21. The average Bonchev–Trinajstić information content (AvgIpc) is 2.79. The lowest BCUT2D eigenvalue weighted by Crippen LogP contribution is -2.26. The molecule has 0 radical (unpaired) electrons. The van der Waals surface area contributed by atoms with Crippen LogP contribution in [0.4, 0.5) is 11.5 Å². The SMILES string of the molecule is COc1ccc(C(=O)N(c2ccccc2)c2ccc3ccccc3n2)cc1OC. The Hall–Kier alpha value is -3.86. The summed E-state index contributed by atoms with van der Waals surface area (Å²) in [5, 5.41) is 1.02. The highest BCUT2D eigenvalue weighted by Gasteiger charge is 2.22. The van der Waals surface area contributed by atoms with Gasteiger partial charge in [-0.2, -0.15) is 0 Å². The van der Waals surface area contributed by atoms with Crippen molar-refractivity contribution in [2.24, 2.45) is 0 Å². The highest BCUT2D eigenvalue weighted by molar-refractivity contribution is 6.11. The molecule has 144 valence electrons. The minimum atomic E-state index is -0.208. The number of anilines is 2. The number of fused-ring (bicyclic) bond motifs is 1. The van der Waals surface area contributed by atoms with Crippen LogP contribution in [0.3, 0.4) is 0 Å². The molecular formula is C24H20N2O3. The molecule has 0 spiro atoms. The normalized spacial score (nSPS) is 10.6. The van der Waals surface area contributed by atoms with E-state index in [2.05, 4.69) is 0 Å². The summed E-state index contributed by atoms with van der Waals surface area (Å²) in [6.07, 6.45) is 0. The highest BCUT2D eigenvalue weighted by atomic mass is 16.5. The van der Waals surface area contributed by atoms with Gasteiger partial charge in [-0.1, -0.05) is 36.4 Å². The zero-order valence-corrected chi connectivity index (χ0v) is 16.2. The standard InChI is InChI=1S/C24H20N2O3/c1-28-21-14-12-18(16-22(21)29-2)24(27)26(19-9-4-3-5-10-19)23-15-13-17-8-6-7-11-20(17)25-23/h3-16H,1-2H3. The number of para-hydroxylation sites is 2. The third kappa shape index (κ3) is 3.62. The molecule has 5 nitrogen and oxygen atoms in total. The van der Waals surface area contributed by atoms with E-state index < -0.39 is 0 Å². The van der Waals surface area contributed by atoms with E-state index in [4.69, 9.17) is 14.5 Å². The van der Waals surface area contributed by atoms with Crippen molar-refractivity contribution < 1.29 is 14.3 Å². The van der Waals surface area contributed by atoms with Crippen molar-refractivity contribution in [1.82, 2.24) is 4.98 Å². The van der Waals surface area contributed by atoms with Gasteiger partial charge in [0, 0.05) is 10.9 Å². The van der Waals surface area contributed by atoms with E-state index in [1.54, 1.807) is 37.3 Å². The smallest absolute Gasteiger partial charge is 0.264 e. The van der Waals surface area contributed by atoms with E-state index >= 15 is 0 Å². The van der Waals surface area contributed by atoms with Crippen molar-refractivity contribution in [2.45, 2.75) is 0 Å². The van der Waals surface area contributed by atoms with Gasteiger partial charge >= 0.3 is 0 Å². The predicted octanol–water partition coefficient (Wildman–Crippen LogP) is 5.23. The zero-order valence-electron chi connectivity index (χ0n) is 16.2. The van der Waals surface area contributed by atoms with Gasteiger partial charge in [-0.3, -0.25) is 9.69 Å². The number of hydrogen-bond acceptors (Lipinski definition) is 4. The summed E-state index contributed by atoms with van der Waals surface area (Å²) < 4.78 is 10.7. The van der Waals surface area contributed by atoms with E-state index in [0.29, 0.717) is 22.9 Å². The highest BCUT2D eigenvalue weighted by Crippen LogP contribution is 2.31. The third-order valence-corrected chi connectivity index (χ3v) is 4.66. The second kappa shape index (κ2) is 8.02. The van der Waals surface area contributed by atoms with Crippen LogP contribution in [-0.2, 0) is 0 Å². The number of carbonyl (C=O) groups is 1. The van der Waals surface area contributed by atoms with Gasteiger partial charge in [-0.25, -0.2) is 4.98 Å². The van der Waals surface area contributed by atoms with Crippen LogP contribution in [0.2, 0.25) is 0 Å². The maximum atomic E-state index is 13.5. The molecule has 3 aromatic carbocycles. The molecule has 29 heavy (non-hydrogen) atoms. The Kier molecular flexibility index (Phi) is 5.12. The van der Waals surface area contributed by atoms with E-state index in [1.807, 2.05) is 66.7 Å². The molecule has 0 unspecified atom stereocenters. The summed E-state index contributed by atoms with van der Waals surface area (Å²) in [7, 11) is 3.11. The minimum absolute atomic E-state index is 0.208. The maximum Gasteiger partial charge on any atom is 0.264 e. The Morgan fingerprint density at radius 1 is 0.793 bits per heavy atom. The first-order valence-electron chi connectivity index (χ1n) is 9.18. The van der Waals surface area contributed by atoms with Gasteiger partial charge in [0.25, 0.3) is 5.91 Å². The lowest BCUT2D eigenvalue weighted by atomic mass is 10.1. The van der Waals surface area contributed by atoms with Crippen LogP contribution < -0.4 is 14.4 Å². The van der Waals surface area contributed by atoms with E-state index in [1.165, 1.54) is 0 Å². The number of hydrogen-bond donors (Lipinski definition) is 0. The lowest BCUT2D eigenvalue weighted by molar-refractivity contribution is 0.0998. The molecule has 1 aromatic heterocycles. The van der Waals surface area contributed by atoms with E-state index in [0.717, 1.165) is 16.6 Å². The quantitative estimate of drug-likeness (QED) is 0.473. The van der Waals surface area contributed by atoms with Crippen LogP contribution in [0.1, 0.15) is 10.4 Å². The molecule has 0 aliphatic carbocycles. The summed E-state index contributed by atoms with van der Waals surface area (Å²) in [5.41, 5.74) is 2.03. The summed E-state index contributed by atoms with van der Waals surface area (Å²) in [6.45, 7) is 0. The molecule has 0 bridgehead atoms. The molecule has 1 amide bonds. The van der Waals surface area contributed by atoms with Gasteiger partial charge in [-0.15, -0.1) is 0 Å².